The monoisotopic (exact) mass is 420 g/mol. The molecule has 0 spiro atoms. The molecule has 0 aliphatic heterocycles. The SMILES string of the molecule is CCc1ccc(OCC(=O)Nc2cc3nn(-c4ccc(Cl)cc4)nc3cc2C)cc1. The molecule has 6 nitrogen and oxygen atoms in total. The molecule has 0 saturated heterocycles. The van der Waals surface area contributed by atoms with Crippen molar-refractivity contribution < 1.29 is 9.53 Å². The van der Waals surface area contributed by atoms with Crippen molar-refractivity contribution in [2.45, 2.75) is 20.3 Å². The fourth-order valence-electron chi connectivity index (χ4n) is 3.05. The van der Waals surface area contributed by atoms with Crippen LogP contribution in [0.2, 0.25) is 5.02 Å². The highest BCUT2D eigenvalue weighted by atomic mass is 35.5. The summed E-state index contributed by atoms with van der Waals surface area (Å²) in [5.41, 5.74) is 5.03. The number of rotatable bonds is 6. The first-order valence-electron chi connectivity index (χ1n) is 9.67. The summed E-state index contributed by atoms with van der Waals surface area (Å²) in [4.78, 5) is 13.9. The lowest BCUT2D eigenvalue weighted by molar-refractivity contribution is -0.118. The van der Waals surface area contributed by atoms with E-state index in [0.717, 1.165) is 23.2 Å². The summed E-state index contributed by atoms with van der Waals surface area (Å²) >= 11 is 5.95. The number of carbonyl (C=O) groups is 1. The van der Waals surface area contributed by atoms with Gasteiger partial charge in [0.05, 0.1) is 5.69 Å². The largest absolute Gasteiger partial charge is 0.484 e. The minimum absolute atomic E-state index is 0.0690. The van der Waals surface area contributed by atoms with Crippen molar-refractivity contribution in [1.29, 1.82) is 0 Å². The number of amides is 1. The molecule has 1 aromatic heterocycles. The number of fused-ring (bicyclic) bond motifs is 1. The molecule has 4 aromatic rings. The number of anilines is 1. The zero-order valence-corrected chi connectivity index (χ0v) is 17.5. The Kier molecular flexibility index (Phi) is 5.68. The lowest BCUT2D eigenvalue weighted by Gasteiger charge is -2.10. The molecule has 1 amide bonds. The number of halogens is 1. The van der Waals surface area contributed by atoms with E-state index in [0.29, 0.717) is 22.0 Å². The molecule has 0 fully saturated rings. The summed E-state index contributed by atoms with van der Waals surface area (Å²) < 4.78 is 5.58. The van der Waals surface area contributed by atoms with Crippen LogP contribution in [0.1, 0.15) is 18.1 Å². The van der Waals surface area contributed by atoms with Gasteiger partial charge in [0.1, 0.15) is 16.8 Å². The van der Waals surface area contributed by atoms with Gasteiger partial charge in [0.25, 0.3) is 5.91 Å². The Hall–Kier alpha value is -3.38. The molecule has 0 unspecified atom stereocenters. The average Bonchev–Trinajstić information content (AvgIpc) is 3.16. The van der Waals surface area contributed by atoms with Crippen molar-refractivity contribution in [1.82, 2.24) is 15.0 Å². The number of aryl methyl sites for hydroxylation is 2. The minimum Gasteiger partial charge on any atom is -0.484 e. The maximum absolute atomic E-state index is 12.4. The molecule has 3 aromatic carbocycles. The van der Waals surface area contributed by atoms with E-state index in [1.807, 2.05) is 55.5 Å². The third-order valence-electron chi connectivity index (χ3n) is 4.76. The van der Waals surface area contributed by atoms with E-state index < -0.39 is 0 Å². The van der Waals surface area contributed by atoms with Crippen molar-refractivity contribution >= 4 is 34.2 Å². The molecule has 0 aliphatic rings. The van der Waals surface area contributed by atoms with Crippen LogP contribution in [0.25, 0.3) is 16.7 Å². The molecule has 0 bridgehead atoms. The van der Waals surface area contributed by atoms with Crippen LogP contribution in [-0.2, 0) is 11.2 Å². The first kappa shape index (κ1) is 19.9. The molecule has 0 atom stereocenters. The summed E-state index contributed by atoms with van der Waals surface area (Å²) in [6, 6.07) is 18.7. The van der Waals surface area contributed by atoms with E-state index >= 15 is 0 Å². The topological polar surface area (TPSA) is 69.0 Å². The number of hydrogen-bond donors (Lipinski definition) is 1. The second-order valence-electron chi connectivity index (χ2n) is 6.96. The summed E-state index contributed by atoms with van der Waals surface area (Å²) in [6.45, 7) is 3.94. The van der Waals surface area contributed by atoms with Crippen molar-refractivity contribution in [2.24, 2.45) is 0 Å². The van der Waals surface area contributed by atoms with Gasteiger partial charge in [-0.25, -0.2) is 0 Å². The van der Waals surface area contributed by atoms with Crippen molar-refractivity contribution in [2.75, 3.05) is 11.9 Å². The van der Waals surface area contributed by atoms with Gasteiger partial charge in [-0.15, -0.1) is 10.2 Å². The molecular weight excluding hydrogens is 400 g/mol. The molecule has 152 valence electrons. The van der Waals surface area contributed by atoms with Crippen molar-refractivity contribution in [3.8, 4) is 11.4 Å². The van der Waals surface area contributed by atoms with Gasteiger partial charge in [-0.3, -0.25) is 4.79 Å². The van der Waals surface area contributed by atoms with Gasteiger partial charge in [-0.2, -0.15) is 4.80 Å². The van der Waals surface area contributed by atoms with Gasteiger partial charge in [-0.05, 0) is 73.0 Å². The third kappa shape index (κ3) is 4.44. The zero-order chi connectivity index (χ0) is 21.1. The second kappa shape index (κ2) is 8.55. The van der Waals surface area contributed by atoms with E-state index in [1.54, 1.807) is 16.9 Å². The van der Waals surface area contributed by atoms with Crippen LogP contribution in [0.5, 0.6) is 5.75 Å². The Morgan fingerprint density at radius 2 is 1.70 bits per heavy atom. The first-order chi connectivity index (χ1) is 14.5. The van der Waals surface area contributed by atoms with Gasteiger partial charge < -0.3 is 10.1 Å². The molecule has 7 heteroatoms. The smallest absolute Gasteiger partial charge is 0.262 e. The fraction of sp³-hybridized carbons (Fsp3) is 0.174. The summed E-state index contributed by atoms with van der Waals surface area (Å²) in [7, 11) is 0. The summed E-state index contributed by atoms with van der Waals surface area (Å²) in [5.74, 6) is 0.433. The van der Waals surface area contributed by atoms with E-state index in [2.05, 4.69) is 22.4 Å². The Bertz CT molecular complexity index is 1180. The zero-order valence-electron chi connectivity index (χ0n) is 16.7. The number of ether oxygens (including phenoxy) is 1. The van der Waals surface area contributed by atoms with Crippen LogP contribution in [-0.4, -0.2) is 27.5 Å². The van der Waals surface area contributed by atoms with Crippen LogP contribution in [0.15, 0.2) is 60.7 Å². The maximum Gasteiger partial charge on any atom is 0.262 e. The predicted octanol–water partition coefficient (Wildman–Crippen LogP) is 4.96. The second-order valence-corrected chi connectivity index (χ2v) is 7.39. The maximum atomic E-state index is 12.4. The normalized spacial score (nSPS) is 10.9. The minimum atomic E-state index is -0.234. The van der Waals surface area contributed by atoms with Crippen LogP contribution < -0.4 is 10.1 Å². The molecule has 0 aliphatic carbocycles. The number of carbonyl (C=O) groups excluding carboxylic acids is 1. The highest BCUT2D eigenvalue weighted by Gasteiger charge is 2.11. The molecule has 0 saturated carbocycles. The lowest BCUT2D eigenvalue weighted by Crippen LogP contribution is -2.20. The average molecular weight is 421 g/mol. The van der Waals surface area contributed by atoms with Crippen molar-refractivity contribution in [3.05, 3.63) is 76.8 Å². The Labute approximate surface area is 179 Å². The molecule has 1 N–H and O–H groups in total. The Balaban J connectivity index is 1.47. The number of aromatic nitrogens is 3. The quantitative estimate of drug-likeness (QED) is 0.478. The van der Waals surface area contributed by atoms with E-state index in [1.165, 1.54) is 5.56 Å². The number of benzene rings is 3. The van der Waals surface area contributed by atoms with Gasteiger partial charge in [-0.1, -0.05) is 30.7 Å². The molecule has 0 radical (unpaired) electrons. The third-order valence-corrected chi connectivity index (χ3v) is 5.01. The first-order valence-corrected chi connectivity index (χ1v) is 10.0. The van der Waals surface area contributed by atoms with E-state index in [9.17, 15) is 4.79 Å². The van der Waals surface area contributed by atoms with E-state index in [4.69, 9.17) is 16.3 Å². The van der Waals surface area contributed by atoms with Crippen LogP contribution in [0.3, 0.4) is 0 Å². The number of nitrogens with zero attached hydrogens (tertiary/aromatic N) is 3. The van der Waals surface area contributed by atoms with Gasteiger partial charge in [0.2, 0.25) is 0 Å². The van der Waals surface area contributed by atoms with Crippen molar-refractivity contribution in [3.63, 3.8) is 0 Å². The van der Waals surface area contributed by atoms with Gasteiger partial charge in [0, 0.05) is 10.7 Å². The van der Waals surface area contributed by atoms with Crippen LogP contribution in [0, 0.1) is 6.92 Å². The number of hydrogen-bond acceptors (Lipinski definition) is 4. The summed E-state index contributed by atoms with van der Waals surface area (Å²) in [5, 5.41) is 12.6. The Morgan fingerprint density at radius 3 is 2.37 bits per heavy atom. The Morgan fingerprint density at radius 1 is 1.03 bits per heavy atom. The molecule has 1 heterocycles. The fourth-order valence-corrected chi connectivity index (χ4v) is 3.18. The molecular formula is C23H21ClN4O2. The number of nitrogens with one attached hydrogen (secondary N) is 1. The van der Waals surface area contributed by atoms with E-state index in [-0.39, 0.29) is 12.5 Å². The predicted molar refractivity (Wildman–Crippen MR) is 119 cm³/mol. The lowest BCUT2D eigenvalue weighted by atomic mass is 10.1. The highest BCUT2D eigenvalue weighted by Crippen LogP contribution is 2.23. The van der Waals surface area contributed by atoms with Gasteiger partial charge in [0.15, 0.2) is 6.61 Å². The standard InChI is InChI=1S/C23H21ClN4O2/c1-3-16-4-10-19(11-5-16)30-14-23(29)25-20-13-22-21(12-15(20)2)26-28(27-22)18-8-6-17(24)7-9-18/h4-13H,3,14H2,1-2H3,(H,25,29). The van der Waals surface area contributed by atoms with Crippen LogP contribution >= 0.6 is 11.6 Å². The molecule has 30 heavy (non-hydrogen) atoms. The molecule has 4 rings (SSSR count). The van der Waals surface area contributed by atoms with Crippen LogP contribution in [0.4, 0.5) is 5.69 Å². The van der Waals surface area contributed by atoms with Gasteiger partial charge >= 0.3 is 0 Å². The highest BCUT2D eigenvalue weighted by molar-refractivity contribution is 6.30. The summed E-state index contributed by atoms with van der Waals surface area (Å²) in [6.07, 6.45) is 0.963.